The molecule has 208 valence electrons. The maximum Gasteiger partial charge on any atom is 0.418 e. The zero-order valence-electron chi connectivity index (χ0n) is 20.6. The molecule has 2 aromatic heterocycles. The van der Waals surface area contributed by atoms with Gasteiger partial charge in [0.15, 0.2) is 5.82 Å². The van der Waals surface area contributed by atoms with Crippen molar-refractivity contribution in [3.8, 4) is 11.3 Å². The molecular formula is C26H20F6N6O2. The normalized spacial score (nSPS) is 17.4. The molecule has 1 aliphatic heterocycles. The predicted molar refractivity (Wildman–Crippen MR) is 131 cm³/mol. The molecule has 3 N–H and O–H groups in total. The quantitative estimate of drug-likeness (QED) is 0.363. The zero-order valence-corrected chi connectivity index (χ0v) is 20.6. The summed E-state index contributed by atoms with van der Waals surface area (Å²) in [4.78, 5) is 30.5. The number of likely N-dealkylation sites (tertiary alicyclic amines) is 1. The minimum absolute atomic E-state index is 0.123. The Bertz CT molecular complexity index is 1650. The number of aryl methyl sites for hydroxylation is 1. The lowest BCUT2D eigenvalue weighted by Gasteiger charge is -2.18. The van der Waals surface area contributed by atoms with E-state index in [4.69, 9.17) is 5.73 Å². The number of nitrogen functional groups attached to an aromatic ring is 1. The number of fused-ring (bicyclic) bond motifs is 1. The van der Waals surface area contributed by atoms with Crippen LogP contribution in [-0.4, -0.2) is 56.6 Å². The number of rotatable bonds is 4. The fourth-order valence-electron chi connectivity index (χ4n) is 4.71. The van der Waals surface area contributed by atoms with E-state index >= 15 is 4.39 Å². The molecule has 1 fully saturated rings. The van der Waals surface area contributed by atoms with E-state index in [9.17, 15) is 31.5 Å². The Morgan fingerprint density at radius 3 is 2.48 bits per heavy atom. The number of anilines is 1. The van der Waals surface area contributed by atoms with Crippen molar-refractivity contribution in [1.29, 1.82) is 0 Å². The maximum absolute atomic E-state index is 15.1. The number of carbonyl (C=O) groups excluding carboxylic acids is 2. The molecule has 3 heterocycles. The number of alkyl halides is 4. The number of aromatic nitrogens is 3. The van der Waals surface area contributed by atoms with Crippen LogP contribution in [0.3, 0.4) is 0 Å². The number of halogens is 6. The zero-order chi connectivity index (χ0) is 28.9. The molecule has 2 aromatic carbocycles. The number of hydrogen-bond acceptors (Lipinski definition) is 5. The Hall–Kier alpha value is -4.62. The van der Waals surface area contributed by atoms with Crippen molar-refractivity contribution in [2.24, 2.45) is 0 Å². The fourth-order valence-corrected chi connectivity index (χ4v) is 4.71. The summed E-state index contributed by atoms with van der Waals surface area (Å²) >= 11 is 0. The second-order valence-electron chi connectivity index (χ2n) is 9.28. The second kappa shape index (κ2) is 9.84. The highest BCUT2D eigenvalue weighted by atomic mass is 19.4. The van der Waals surface area contributed by atoms with Crippen molar-refractivity contribution in [3.05, 3.63) is 82.7 Å². The standard InChI is InChI=1S/C26H20F6N6O2/c1-12-6-18(28)15(21-8-16(26(30,31)32)22-23(33)34-11-35-38(21)22)7-14(12)24(39)36-20-10-37(9-19(20)29)25(40)13-4-2-3-5-17(13)27/h2-8,11,19-20H,9-10H2,1H3,(H,36,39)(H2,33,34,35)/t19-,20+/m0/s1. The van der Waals surface area contributed by atoms with Crippen LogP contribution in [0.25, 0.3) is 16.8 Å². The molecule has 1 saturated heterocycles. The van der Waals surface area contributed by atoms with Gasteiger partial charge in [-0.2, -0.15) is 18.3 Å². The van der Waals surface area contributed by atoms with E-state index in [-0.39, 0.29) is 34.5 Å². The lowest BCUT2D eigenvalue weighted by molar-refractivity contribution is -0.136. The monoisotopic (exact) mass is 562 g/mol. The molecular weight excluding hydrogens is 542 g/mol. The first-order valence-electron chi connectivity index (χ1n) is 11.9. The van der Waals surface area contributed by atoms with Crippen LogP contribution in [0.1, 0.15) is 31.8 Å². The fraction of sp³-hybridized carbons (Fsp3) is 0.231. The minimum Gasteiger partial charge on any atom is -0.382 e. The number of amides is 2. The third kappa shape index (κ3) is 4.69. The van der Waals surface area contributed by atoms with E-state index in [0.29, 0.717) is 6.07 Å². The van der Waals surface area contributed by atoms with E-state index in [1.54, 1.807) is 0 Å². The van der Waals surface area contributed by atoms with Gasteiger partial charge in [-0.3, -0.25) is 9.59 Å². The molecule has 0 unspecified atom stereocenters. The molecule has 0 saturated carbocycles. The molecule has 4 aromatic rings. The Labute approximate surface area is 222 Å². The van der Waals surface area contributed by atoms with Gasteiger partial charge in [0.05, 0.1) is 29.4 Å². The highest BCUT2D eigenvalue weighted by Crippen LogP contribution is 2.39. The van der Waals surface area contributed by atoms with E-state index in [1.165, 1.54) is 25.1 Å². The third-order valence-electron chi connectivity index (χ3n) is 6.68. The van der Waals surface area contributed by atoms with Gasteiger partial charge < -0.3 is 16.0 Å². The number of carbonyl (C=O) groups is 2. The second-order valence-corrected chi connectivity index (χ2v) is 9.28. The lowest BCUT2D eigenvalue weighted by atomic mass is 10.0. The summed E-state index contributed by atoms with van der Waals surface area (Å²) in [5.41, 5.74) is 2.88. The van der Waals surface area contributed by atoms with Gasteiger partial charge in [-0.15, -0.1) is 0 Å². The van der Waals surface area contributed by atoms with Crippen molar-refractivity contribution in [2.45, 2.75) is 25.3 Å². The summed E-state index contributed by atoms with van der Waals surface area (Å²) in [6.07, 6.45) is -5.65. The topological polar surface area (TPSA) is 106 Å². The van der Waals surface area contributed by atoms with Crippen molar-refractivity contribution >= 4 is 23.1 Å². The van der Waals surface area contributed by atoms with Gasteiger partial charge >= 0.3 is 6.18 Å². The van der Waals surface area contributed by atoms with Gasteiger partial charge in [0.25, 0.3) is 11.8 Å². The summed E-state index contributed by atoms with van der Waals surface area (Å²) in [6, 6.07) is 6.68. The predicted octanol–water partition coefficient (Wildman–Crippen LogP) is 4.18. The van der Waals surface area contributed by atoms with Crippen LogP contribution >= 0.6 is 0 Å². The van der Waals surface area contributed by atoms with Crippen LogP contribution in [-0.2, 0) is 6.18 Å². The van der Waals surface area contributed by atoms with Crippen LogP contribution < -0.4 is 11.1 Å². The molecule has 0 bridgehead atoms. The highest BCUT2D eigenvalue weighted by Gasteiger charge is 2.39. The summed E-state index contributed by atoms with van der Waals surface area (Å²) < 4.78 is 85.9. The van der Waals surface area contributed by atoms with E-state index in [2.05, 4.69) is 15.4 Å². The Morgan fingerprint density at radius 1 is 1.05 bits per heavy atom. The van der Waals surface area contributed by atoms with Crippen molar-refractivity contribution in [3.63, 3.8) is 0 Å². The van der Waals surface area contributed by atoms with Gasteiger partial charge in [-0.05, 0) is 42.8 Å². The smallest absolute Gasteiger partial charge is 0.382 e. The average molecular weight is 562 g/mol. The van der Waals surface area contributed by atoms with Gasteiger partial charge in [-0.25, -0.2) is 22.7 Å². The SMILES string of the molecule is Cc1cc(F)c(-c2cc(C(F)(F)F)c3c(N)ncnn23)cc1C(=O)N[C@@H]1CN(C(=O)c2ccccc2F)C[C@@H]1F. The molecule has 0 radical (unpaired) electrons. The van der Waals surface area contributed by atoms with E-state index in [1.807, 2.05) is 0 Å². The Kier molecular flexibility index (Phi) is 6.64. The third-order valence-corrected chi connectivity index (χ3v) is 6.68. The first-order valence-corrected chi connectivity index (χ1v) is 11.9. The molecule has 40 heavy (non-hydrogen) atoms. The summed E-state index contributed by atoms with van der Waals surface area (Å²) in [5, 5.41) is 6.24. The molecule has 0 spiro atoms. The summed E-state index contributed by atoms with van der Waals surface area (Å²) in [7, 11) is 0. The van der Waals surface area contributed by atoms with Crippen LogP contribution in [0.4, 0.5) is 32.2 Å². The number of hydrogen-bond donors (Lipinski definition) is 2. The Balaban J connectivity index is 1.45. The van der Waals surface area contributed by atoms with Crippen molar-refractivity contribution in [1.82, 2.24) is 24.8 Å². The molecule has 5 rings (SSSR count). The molecule has 8 nitrogen and oxygen atoms in total. The number of nitrogens with one attached hydrogen (secondary N) is 1. The number of nitrogens with zero attached hydrogens (tertiary/aromatic N) is 4. The van der Waals surface area contributed by atoms with E-state index < -0.39 is 65.3 Å². The molecule has 2 amide bonds. The van der Waals surface area contributed by atoms with Crippen molar-refractivity contribution in [2.75, 3.05) is 18.8 Å². The maximum atomic E-state index is 15.1. The molecule has 1 aliphatic rings. The first-order chi connectivity index (χ1) is 18.9. The van der Waals surface area contributed by atoms with E-state index in [0.717, 1.165) is 33.9 Å². The van der Waals surface area contributed by atoms with Crippen LogP contribution in [0.15, 0.2) is 48.8 Å². The van der Waals surface area contributed by atoms with Gasteiger partial charge in [0.1, 0.15) is 29.7 Å². The average Bonchev–Trinajstić information content (AvgIpc) is 3.46. The summed E-state index contributed by atoms with van der Waals surface area (Å²) in [6.45, 7) is 0.736. The van der Waals surface area contributed by atoms with Gasteiger partial charge in [0, 0.05) is 17.7 Å². The Morgan fingerprint density at radius 2 is 1.77 bits per heavy atom. The van der Waals surface area contributed by atoms with Gasteiger partial charge in [-0.1, -0.05) is 12.1 Å². The highest BCUT2D eigenvalue weighted by molar-refractivity contribution is 5.98. The summed E-state index contributed by atoms with van der Waals surface area (Å²) in [5.74, 6) is -3.80. The number of benzene rings is 2. The first kappa shape index (κ1) is 27.0. The molecule has 0 aliphatic carbocycles. The lowest BCUT2D eigenvalue weighted by Crippen LogP contribution is -2.42. The molecule has 14 heteroatoms. The molecule has 2 atom stereocenters. The van der Waals surface area contributed by atoms with Crippen molar-refractivity contribution < 1.29 is 35.9 Å². The largest absolute Gasteiger partial charge is 0.418 e. The van der Waals surface area contributed by atoms with Crippen LogP contribution in [0, 0.1) is 18.6 Å². The van der Waals surface area contributed by atoms with Crippen LogP contribution in [0.5, 0.6) is 0 Å². The van der Waals surface area contributed by atoms with Gasteiger partial charge in [0.2, 0.25) is 0 Å². The number of nitrogens with two attached hydrogens (primary N) is 1. The van der Waals surface area contributed by atoms with Crippen LogP contribution in [0.2, 0.25) is 0 Å². The minimum atomic E-state index is -4.87.